The number of fused-ring (bicyclic) bond motifs is 1. The lowest BCUT2D eigenvalue weighted by atomic mass is 10.2. The Balaban J connectivity index is 1.85. The first-order valence-corrected chi connectivity index (χ1v) is 11.4. The van der Waals surface area contributed by atoms with Gasteiger partial charge in [-0.1, -0.05) is 17.8 Å². The number of carboxylic acids is 1. The molecule has 2 atom stereocenters. The highest BCUT2D eigenvalue weighted by molar-refractivity contribution is 14.1. The van der Waals surface area contributed by atoms with Gasteiger partial charge in [0.25, 0.3) is 5.91 Å². The van der Waals surface area contributed by atoms with Crippen molar-refractivity contribution in [2.45, 2.75) is 11.3 Å². The van der Waals surface area contributed by atoms with Crippen molar-refractivity contribution in [3.8, 4) is 0 Å². The molecule has 0 aromatic heterocycles. The van der Waals surface area contributed by atoms with Crippen molar-refractivity contribution in [1.29, 1.82) is 0 Å². The summed E-state index contributed by atoms with van der Waals surface area (Å²) in [5.41, 5.74) is 0.770. The fourth-order valence-corrected chi connectivity index (χ4v) is 7.31. The standard InChI is InChI=1S/C15H15IN2O6S2/c16-9-2-1-3-10(4-9)18-11-7-26(22,23)8-12(11)25-15(18)17-13(19)5-24-6-14(20)21/h1-4,11-12H,5-8H2,(H,20,21)/t11-,12-/m1/s1. The molecule has 0 bridgehead atoms. The van der Waals surface area contributed by atoms with E-state index in [1.54, 1.807) is 4.90 Å². The molecule has 26 heavy (non-hydrogen) atoms. The number of nitrogens with zero attached hydrogens (tertiary/aromatic N) is 2. The first kappa shape index (κ1) is 19.6. The summed E-state index contributed by atoms with van der Waals surface area (Å²) in [7, 11) is -3.13. The largest absolute Gasteiger partial charge is 0.480 e. The molecule has 8 nitrogen and oxygen atoms in total. The second-order valence-corrected chi connectivity index (χ2v) is 10.4. The van der Waals surface area contributed by atoms with E-state index in [1.807, 2.05) is 24.3 Å². The molecule has 1 aromatic carbocycles. The average Bonchev–Trinajstić information content (AvgIpc) is 2.97. The summed E-state index contributed by atoms with van der Waals surface area (Å²) in [5.74, 6) is -1.71. The van der Waals surface area contributed by atoms with Crippen molar-refractivity contribution in [3.05, 3.63) is 27.8 Å². The number of amides is 1. The van der Waals surface area contributed by atoms with Gasteiger partial charge >= 0.3 is 5.97 Å². The Kier molecular flexibility index (Phi) is 5.89. The number of carboxylic acid groups (broad SMARTS) is 1. The number of benzene rings is 1. The molecule has 2 aliphatic rings. The summed E-state index contributed by atoms with van der Waals surface area (Å²) < 4.78 is 29.7. The average molecular weight is 510 g/mol. The molecule has 2 saturated heterocycles. The van der Waals surface area contributed by atoms with Crippen molar-refractivity contribution in [3.63, 3.8) is 0 Å². The molecule has 0 unspecified atom stereocenters. The maximum Gasteiger partial charge on any atom is 0.329 e. The van der Waals surface area contributed by atoms with E-state index in [0.717, 1.165) is 9.26 Å². The number of carbonyl (C=O) groups is 2. The molecule has 0 spiro atoms. The van der Waals surface area contributed by atoms with Gasteiger partial charge in [0.1, 0.15) is 13.2 Å². The molecule has 1 amide bonds. The number of sulfone groups is 1. The summed E-state index contributed by atoms with van der Waals surface area (Å²) in [4.78, 5) is 28.3. The molecule has 0 saturated carbocycles. The maximum atomic E-state index is 12.0. The third-order valence-electron chi connectivity index (χ3n) is 3.82. The Morgan fingerprint density at radius 1 is 1.35 bits per heavy atom. The third kappa shape index (κ3) is 4.56. The molecule has 140 valence electrons. The Morgan fingerprint density at radius 3 is 2.81 bits per heavy atom. The highest BCUT2D eigenvalue weighted by Crippen LogP contribution is 2.41. The number of hydrogen-bond acceptors (Lipinski definition) is 6. The third-order valence-corrected chi connectivity index (χ3v) is 7.71. The monoisotopic (exact) mass is 510 g/mol. The first-order valence-electron chi connectivity index (χ1n) is 7.58. The minimum Gasteiger partial charge on any atom is -0.480 e. The van der Waals surface area contributed by atoms with Gasteiger partial charge in [-0.15, -0.1) is 0 Å². The van der Waals surface area contributed by atoms with E-state index < -0.39 is 34.9 Å². The normalized spacial score (nSPS) is 25.4. The Labute approximate surface area is 168 Å². The van der Waals surface area contributed by atoms with Crippen LogP contribution in [0.1, 0.15) is 0 Å². The van der Waals surface area contributed by atoms with E-state index in [0.29, 0.717) is 5.17 Å². The predicted molar refractivity (Wildman–Crippen MR) is 106 cm³/mol. The van der Waals surface area contributed by atoms with Crippen molar-refractivity contribution in [2.75, 3.05) is 29.6 Å². The van der Waals surface area contributed by atoms with E-state index in [-0.39, 0.29) is 22.8 Å². The van der Waals surface area contributed by atoms with Crippen molar-refractivity contribution < 1.29 is 27.9 Å². The van der Waals surface area contributed by atoms with E-state index in [9.17, 15) is 18.0 Å². The maximum absolute atomic E-state index is 12.0. The summed E-state index contributed by atoms with van der Waals surface area (Å²) in [6, 6.07) is 7.23. The molecule has 3 rings (SSSR count). The number of thioether (sulfide) groups is 1. The number of halogens is 1. The van der Waals surface area contributed by atoms with Gasteiger partial charge in [0.2, 0.25) is 0 Å². The summed E-state index contributed by atoms with van der Waals surface area (Å²) in [6.45, 7) is -1.02. The van der Waals surface area contributed by atoms with Gasteiger partial charge in [-0.05, 0) is 40.8 Å². The first-order chi connectivity index (χ1) is 12.2. The van der Waals surface area contributed by atoms with Crippen LogP contribution in [-0.2, 0) is 24.2 Å². The van der Waals surface area contributed by atoms with Crippen LogP contribution in [0.5, 0.6) is 0 Å². The van der Waals surface area contributed by atoms with E-state index in [4.69, 9.17) is 9.84 Å². The molecular formula is C15H15IN2O6S2. The van der Waals surface area contributed by atoms with E-state index in [2.05, 4.69) is 27.6 Å². The minimum absolute atomic E-state index is 0.0128. The van der Waals surface area contributed by atoms with Gasteiger partial charge in [0.05, 0.1) is 17.5 Å². The zero-order valence-corrected chi connectivity index (χ0v) is 17.2. The lowest BCUT2D eigenvalue weighted by molar-refractivity contribution is -0.143. The van der Waals surface area contributed by atoms with Crippen molar-refractivity contribution >= 4 is 66.9 Å². The molecule has 0 aliphatic carbocycles. The molecule has 0 radical (unpaired) electrons. The summed E-state index contributed by atoms with van der Waals surface area (Å²) >= 11 is 3.42. The molecule has 1 N–H and O–H groups in total. The fourth-order valence-electron chi connectivity index (χ4n) is 2.86. The molecular weight excluding hydrogens is 495 g/mol. The topological polar surface area (TPSA) is 113 Å². The number of anilines is 1. The van der Waals surface area contributed by atoms with Crippen LogP contribution >= 0.6 is 34.4 Å². The van der Waals surface area contributed by atoms with Gasteiger partial charge in [-0.3, -0.25) is 4.79 Å². The lowest BCUT2D eigenvalue weighted by Crippen LogP contribution is -2.37. The Morgan fingerprint density at radius 2 is 2.12 bits per heavy atom. The molecule has 1 aromatic rings. The summed E-state index contributed by atoms with van der Waals surface area (Å²) in [5, 5.41) is 8.77. The lowest BCUT2D eigenvalue weighted by Gasteiger charge is -2.24. The highest BCUT2D eigenvalue weighted by Gasteiger charge is 2.49. The van der Waals surface area contributed by atoms with Crippen LogP contribution in [0.15, 0.2) is 29.3 Å². The number of carbonyl (C=O) groups excluding carboxylic acids is 1. The van der Waals surface area contributed by atoms with Crippen LogP contribution in [0.25, 0.3) is 0 Å². The number of ether oxygens (including phenoxy) is 1. The molecule has 11 heteroatoms. The van der Waals surface area contributed by atoms with Crippen LogP contribution in [0.2, 0.25) is 0 Å². The number of amidine groups is 1. The quantitative estimate of drug-likeness (QED) is 0.584. The van der Waals surface area contributed by atoms with Crippen LogP contribution in [0.4, 0.5) is 5.69 Å². The van der Waals surface area contributed by atoms with Gasteiger partial charge in [-0.25, -0.2) is 13.2 Å². The highest BCUT2D eigenvalue weighted by atomic mass is 127. The molecule has 2 heterocycles. The fraction of sp³-hybridized carbons (Fsp3) is 0.400. The number of rotatable bonds is 5. The van der Waals surface area contributed by atoms with Crippen LogP contribution in [0, 0.1) is 3.57 Å². The van der Waals surface area contributed by atoms with Gasteiger partial charge in [0, 0.05) is 14.5 Å². The van der Waals surface area contributed by atoms with Gasteiger partial charge in [-0.2, -0.15) is 4.99 Å². The molecule has 2 aliphatic heterocycles. The zero-order chi connectivity index (χ0) is 18.9. The second-order valence-electron chi connectivity index (χ2n) is 5.83. The van der Waals surface area contributed by atoms with Crippen LogP contribution in [-0.4, -0.2) is 66.6 Å². The van der Waals surface area contributed by atoms with Crippen LogP contribution < -0.4 is 4.90 Å². The number of hydrogen-bond donors (Lipinski definition) is 1. The number of aliphatic imine (C=N–C) groups is 1. The Hall–Kier alpha value is -1.18. The van der Waals surface area contributed by atoms with Gasteiger partial charge < -0.3 is 14.7 Å². The Bertz CT molecular complexity index is 873. The zero-order valence-electron chi connectivity index (χ0n) is 13.4. The molecule has 2 fully saturated rings. The van der Waals surface area contributed by atoms with E-state index in [1.165, 1.54) is 11.8 Å². The van der Waals surface area contributed by atoms with Gasteiger partial charge in [0.15, 0.2) is 15.0 Å². The number of aliphatic carboxylic acids is 1. The van der Waals surface area contributed by atoms with Crippen LogP contribution in [0.3, 0.4) is 0 Å². The minimum atomic E-state index is -3.13. The van der Waals surface area contributed by atoms with Crippen molar-refractivity contribution in [2.24, 2.45) is 4.99 Å². The van der Waals surface area contributed by atoms with Crippen molar-refractivity contribution in [1.82, 2.24) is 0 Å². The second kappa shape index (κ2) is 7.82. The summed E-state index contributed by atoms with van der Waals surface area (Å²) in [6.07, 6.45) is 0. The SMILES string of the molecule is O=C(O)COCC(=O)N=C1S[C@@H]2CS(=O)(=O)C[C@H]2N1c1cccc(I)c1. The smallest absolute Gasteiger partial charge is 0.329 e. The van der Waals surface area contributed by atoms with E-state index >= 15 is 0 Å². The predicted octanol–water partition coefficient (Wildman–Crippen LogP) is 0.994.